The summed E-state index contributed by atoms with van der Waals surface area (Å²) in [6, 6.07) is 0. The number of rotatable bonds is 3. The molecule has 1 aromatic heterocycles. The predicted molar refractivity (Wildman–Crippen MR) is 106 cm³/mol. The molecule has 5 rings (SSSR count). The second-order valence-electron chi connectivity index (χ2n) is 7.71. The van der Waals surface area contributed by atoms with E-state index in [1.165, 1.54) is 11.3 Å². The van der Waals surface area contributed by atoms with E-state index >= 15 is 0 Å². The second kappa shape index (κ2) is 7.97. The van der Waals surface area contributed by atoms with Crippen LogP contribution in [0.1, 0.15) is 51.1 Å². The molecule has 152 valence electrons. The predicted octanol–water partition coefficient (Wildman–Crippen LogP) is 3.34. The second-order valence-corrected chi connectivity index (χ2v) is 9.50. The topological polar surface area (TPSA) is 78.4 Å². The van der Waals surface area contributed by atoms with Crippen molar-refractivity contribution in [1.29, 1.82) is 0 Å². The number of fused-ring (bicyclic) bond motifs is 3. The molecule has 5 unspecified atom stereocenters. The van der Waals surface area contributed by atoms with Crippen molar-refractivity contribution in [3.05, 3.63) is 11.4 Å². The van der Waals surface area contributed by atoms with Crippen LogP contribution in [0, 0.1) is 5.92 Å². The fourth-order valence-electron chi connectivity index (χ4n) is 4.60. The number of alkyl halides is 1. The van der Waals surface area contributed by atoms with Crippen molar-refractivity contribution < 1.29 is 14.2 Å². The number of thioether (sulfide) groups is 1. The number of nitrogens with zero attached hydrogens (tertiary/aromatic N) is 3. The smallest absolute Gasteiger partial charge is 0.246 e. The highest BCUT2D eigenvalue weighted by Crippen LogP contribution is 2.42. The Hall–Kier alpha value is -1.09. The molecular formula is C19H25ClN4O3S. The zero-order valence-electron chi connectivity index (χ0n) is 15.9. The van der Waals surface area contributed by atoms with Gasteiger partial charge >= 0.3 is 0 Å². The van der Waals surface area contributed by atoms with Gasteiger partial charge in [0.25, 0.3) is 0 Å². The molecule has 1 N–H and O–H groups in total. The lowest BCUT2D eigenvalue weighted by molar-refractivity contribution is 0.0173. The zero-order chi connectivity index (χ0) is 19.1. The van der Waals surface area contributed by atoms with E-state index in [2.05, 4.69) is 27.4 Å². The number of halogens is 1. The van der Waals surface area contributed by atoms with Crippen LogP contribution in [-0.2, 0) is 9.47 Å². The maximum Gasteiger partial charge on any atom is 0.246 e. The van der Waals surface area contributed by atoms with Crippen molar-refractivity contribution >= 4 is 28.9 Å². The van der Waals surface area contributed by atoms with Gasteiger partial charge in [0, 0.05) is 22.6 Å². The number of hydrogen-bond donors (Lipinski definition) is 1. The summed E-state index contributed by atoms with van der Waals surface area (Å²) in [5, 5.41) is 13.1. The molecule has 4 aliphatic rings. The van der Waals surface area contributed by atoms with Crippen LogP contribution in [0.5, 0.6) is 5.88 Å². The molecule has 1 saturated carbocycles. The fraction of sp³-hybridized carbons (Fsp3) is 0.737. The van der Waals surface area contributed by atoms with Crippen LogP contribution in [0.4, 0.5) is 0 Å². The molecule has 9 heteroatoms. The van der Waals surface area contributed by atoms with Gasteiger partial charge in [0.15, 0.2) is 11.9 Å². The molecule has 28 heavy (non-hydrogen) atoms. The van der Waals surface area contributed by atoms with Crippen LogP contribution in [-0.4, -0.2) is 51.5 Å². The molecule has 0 radical (unpaired) electrons. The van der Waals surface area contributed by atoms with E-state index in [9.17, 15) is 0 Å². The summed E-state index contributed by atoms with van der Waals surface area (Å²) in [6.07, 6.45) is 5.78. The number of allylic oxidation sites excluding steroid dienone is 2. The normalized spacial score (nSPS) is 34.6. The van der Waals surface area contributed by atoms with Crippen molar-refractivity contribution in [2.24, 2.45) is 5.92 Å². The Morgan fingerprint density at radius 3 is 2.82 bits per heavy atom. The molecule has 5 atom stereocenters. The van der Waals surface area contributed by atoms with E-state index in [4.69, 9.17) is 25.8 Å². The fourth-order valence-corrected chi connectivity index (χ4v) is 5.51. The summed E-state index contributed by atoms with van der Waals surface area (Å²) in [4.78, 5) is 4.68. The number of ether oxygens (including phenoxy) is 3. The lowest BCUT2D eigenvalue weighted by atomic mass is 9.83. The Balaban J connectivity index is 1.48. The highest BCUT2D eigenvalue weighted by atomic mass is 35.5. The minimum absolute atomic E-state index is 0.0473. The highest BCUT2D eigenvalue weighted by Gasteiger charge is 2.45. The van der Waals surface area contributed by atoms with Gasteiger partial charge in [-0.2, -0.15) is 4.98 Å². The Bertz CT molecular complexity index is 780. The van der Waals surface area contributed by atoms with Crippen molar-refractivity contribution in [2.75, 3.05) is 12.5 Å². The van der Waals surface area contributed by atoms with E-state index in [0.29, 0.717) is 17.8 Å². The molecule has 1 saturated heterocycles. The summed E-state index contributed by atoms with van der Waals surface area (Å²) < 4.78 is 17.9. The first-order valence-electron chi connectivity index (χ1n) is 10.1. The minimum atomic E-state index is -0.256. The van der Waals surface area contributed by atoms with Crippen molar-refractivity contribution in [2.45, 2.75) is 74.4 Å². The summed E-state index contributed by atoms with van der Waals surface area (Å²) in [7, 11) is 0. The quantitative estimate of drug-likeness (QED) is 0.584. The SMILES string of the molecule is CCSc1nnc2c(n1)OC(C1CC3OCOC3CC1Cl)NC1=C2CCCC1. The first kappa shape index (κ1) is 18.9. The minimum Gasteiger partial charge on any atom is -0.452 e. The van der Waals surface area contributed by atoms with Gasteiger partial charge in [-0.25, -0.2) is 0 Å². The Labute approximate surface area is 174 Å². The largest absolute Gasteiger partial charge is 0.452 e. The zero-order valence-corrected chi connectivity index (χ0v) is 17.5. The maximum absolute atomic E-state index is 6.80. The van der Waals surface area contributed by atoms with Gasteiger partial charge < -0.3 is 19.5 Å². The van der Waals surface area contributed by atoms with Gasteiger partial charge in [-0.05, 0) is 44.3 Å². The third kappa shape index (κ3) is 3.49. The van der Waals surface area contributed by atoms with Crippen LogP contribution >= 0.6 is 23.4 Å². The van der Waals surface area contributed by atoms with Crippen LogP contribution in [0.25, 0.3) is 5.57 Å². The molecule has 3 heterocycles. The molecule has 0 spiro atoms. The summed E-state index contributed by atoms with van der Waals surface area (Å²) >= 11 is 8.37. The summed E-state index contributed by atoms with van der Waals surface area (Å²) in [5.41, 5.74) is 3.18. The van der Waals surface area contributed by atoms with E-state index in [1.54, 1.807) is 11.8 Å². The van der Waals surface area contributed by atoms with Gasteiger partial charge in [0.1, 0.15) is 6.79 Å². The molecule has 0 bridgehead atoms. The van der Waals surface area contributed by atoms with E-state index in [0.717, 1.165) is 50.0 Å². The summed E-state index contributed by atoms with van der Waals surface area (Å²) in [6.45, 7) is 2.43. The molecule has 0 amide bonds. The van der Waals surface area contributed by atoms with Gasteiger partial charge in [-0.1, -0.05) is 18.7 Å². The summed E-state index contributed by atoms with van der Waals surface area (Å²) in [5.74, 6) is 1.57. The van der Waals surface area contributed by atoms with Gasteiger partial charge in [0.05, 0.1) is 12.2 Å². The van der Waals surface area contributed by atoms with Crippen molar-refractivity contribution in [1.82, 2.24) is 20.5 Å². The van der Waals surface area contributed by atoms with Gasteiger partial charge in [-0.15, -0.1) is 21.8 Å². The highest BCUT2D eigenvalue weighted by molar-refractivity contribution is 7.99. The van der Waals surface area contributed by atoms with Crippen LogP contribution in [0.3, 0.4) is 0 Å². The lowest BCUT2D eigenvalue weighted by Gasteiger charge is -2.38. The van der Waals surface area contributed by atoms with Crippen LogP contribution in [0.15, 0.2) is 10.9 Å². The standard InChI is InChI=1S/C19H25ClN4O3S/c1-2-28-19-22-18-16(23-24-19)10-5-3-4-6-13(10)21-17(27-18)11-7-14-15(8-12(11)20)26-9-25-14/h11-12,14-15,17,21H,2-9H2,1H3. The Morgan fingerprint density at radius 1 is 1.14 bits per heavy atom. The molecule has 1 aromatic rings. The third-order valence-corrected chi connectivity index (χ3v) is 7.23. The number of hydrogen-bond acceptors (Lipinski definition) is 8. The molecule has 2 aliphatic carbocycles. The van der Waals surface area contributed by atoms with Gasteiger partial charge in [-0.3, -0.25) is 0 Å². The van der Waals surface area contributed by atoms with Crippen molar-refractivity contribution in [3.63, 3.8) is 0 Å². The molecule has 0 aromatic carbocycles. The molecular weight excluding hydrogens is 400 g/mol. The van der Waals surface area contributed by atoms with E-state index < -0.39 is 0 Å². The van der Waals surface area contributed by atoms with Crippen LogP contribution in [0.2, 0.25) is 0 Å². The third-order valence-electron chi connectivity index (χ3n) is 6.01. The molecule has 2 fully saturated rings. The number of nitrogens with one attached hydrogen (secondary N) is 1. The van der Waals surface area contributed by atoms with Crippen molar-refractivity contribution in [3.8, 4) is 5.88 Å². The first-order valence-corrected chi connectivity index (χ1v) is 11.6. The van der Waals surface area contributed by atoms with E-state index in [-0.39, 0.29) is 29.7 Å². The Kier molecular flexibility index (Phi) is 5.38. The van der Waals surface area contributed by atoms with Crippen LogP contribution < -0.4 is 10.1 Å². The number of aromatic nitrogens is 3. The molecule has 7 nitrogen and oxygen atoms in total. The average Bonchev–Trinajstić information content (AvgIpc) is 3.08. The maximum atomic E-state index is 6.80. The Morgan fingerprint density at radius 2 is 1.96 bits per heavy atom. The van der Waals surface area contributed by atoms with E-state index in [1.807, 2.05) is 0 Å². The average molecular weight is 425 g/mol. The first-order chi connectivity index (χ1) is 13.7. The monoisotopic (exact) mass is 424 g/mol. The van der Waals surface area contributed by atoms with Gasteiger partial charge in [0.2, 0.25) is 11.0 Å². The lowest BCUT2D eigenvalue weighted by Crippen LogP contribution is -2.50. The molecule has 2 aliphatic heterocycles.